The fourth-order valence-corrected chi connectivity index (χ4v) is 4.06. The van der Waals surface area contributed by atoms with Crippen LogP contribution in [-0.2, 0) is 11.3 Å². The molecule has 1 saturated heterocycles. The second kappa shape index (κ2) is 6.53. The molecule has 5 nitrogen and oxygen atoms in total. The highest BCUT2D eigenvalue weighted by Crippen LogP contribution is 2.36. The van der Waals surface area contributed by atoms with Crippen LogP contribution in [0.2, 0.25) is 0 Å². The molecule has 24 heavy (non-hydrogen) atoms. The fraction of sp³-hybridized carbons (Fsp3) is 0.444. The lowest BCUT2D eigenvalue weighted by Gasteiger charge is -2.06. The van der Waals surface area contributed by atoms with Gasteiger partial charge in [-0.2, -0.15) is 0 Å². The summed E-state index contributed by atoms with van der Waals surface area (Å²) >= 11 is 1.77. The second-order valence-electron chi connectivity index (χ2n) is 6.46. The Labute approximate surface area is 145 Å². The molecule has 0 radical (unpaired) electrons. The molecule has 0 aliphatic carbocycles. The number of rotatable bonds is 5. The molecular formula is C18H21N3O2S. The minimum atomic E-state index is 0.259. The first kappa shape index (κ1) is 15.6. The van der Waals surface area contributed by atoms with Crippen molar-refractivity contribution in [1.29, 1.82) is 0 Å². The molecule has 1 atom stereocenters. The summed E-state index contributed by atoms with van der Waals surface area (Å²) in [6.07, 6.45) is 6.34. The Kier molecular flexibility index (Phi) is 4.24. The number of thiophene rings is 1. The van der Waals surface area contributed by atoms with Crippen molar-refractivity contribution in [2.75, 3.05) is 6.61 Å². The van der Waals surface area contributed by atoms with E-state index in [2.05, 4.69) is 40.7 Å². The Morgan fingerprint density at radius 3 is 3.04 bits per heavy atom. The van der Waals surface area contributed by atoms with Crippen LogP contribution in [0.25, 0.3) is 10.7 Å². The van der Waals surface area contributed by atoms with Gasteiger partial charge in [0.25, 0.3) is 0 Å². The van der Waals surface area contributed by atoms with Gasteiger partial charge in [-0.05, 0) is 30.9 Å². The normalized spacial score (nSPS) is 17.9. The number of ether oxygens (including phenoxy) is 1. The standard InChI is InChI=1S/C18H21N3O2S/c1-12(2)14-10-13(23-20-14)11-21-8-7-19-18(21)17-6-5-16(24-17)15-4-3-9-22-15/h5-8,10,12,15H,3-4,9,11H2,1-2H3. The molecule has 0 N–H and O–H groups in total. The number of nitrogens with zero attached hydrogens (tertiary/aromatic N) is 3. The smallest absolute Gasteiger partial charge is 0.156 e. The van der Waals surface area contributed by atoms with Crippen molar-refractivity contribution >= 4 is 11.3 Å². The molecule has 1 aliphatic heterocycles. The molecule has 126 valence electrons. The lowest BCUT2D eigenvalue weighted by Crippen LogP contribution is -1.99. The molecule has 3 aromatic rings. The third-order valence-corrected chi connectivity index (χ3v) is 5.48. The molecule has 0 aromatic carbocycles. The van der Waals surface area contributed by atoms with Gasteiger partial charge in [0.1, 0.15) is 5.82 Å². The summed E-state index contributed by atoms with van der Waals surface area (Å²) in [4.78, 5) is 6.99. The number of aromatic nitrogens is 3. The zero-order valence-corrected chi connectivity index (χ0v) is 14.8. The maximum Gasteiger partial charge on any atom is 0.156 e. The monoisotopic (exact) mass is 343 g/mol. The van der Waals surface area contributed by atoms with Crippen LogP contribution in [0.3, 0.4) is 0 Å². The Morgan fingerprint density at radius 2 is 2.29 bits per heavy atom. The van der Waals surface area contributed by atoms with E-state index in [1.807, 2.05) is 18.5 Å². The average Bonchev–Trinajstić information content (AvgIpc) is 3.35. The van der Waals surface area contributed by atoms with Gasteiger partial charge in [-0.15, -0.1) is 11.3 Å². The van der Waals surface area contributed by atoms with Crippen molar-refractivity contribution < 1.29 is 9.26 Å². The molecule has 1 fully saturated rings. The summed E-state index contributed by atoms with van der Waals surface area (Å²) in [7, 11) is 0. The molecule has 0 amide bonds. The molecule has 0 spiro atoms. The van der Waals surface area contributed by atoms with Crippen molar-refractivity contribution in [2.24, 2.45) is 0 Å². The van der Waals surface area contributed by atoms with Crippen LogP contribution in [0.15, 0.2) is 35.1 Å². The van der Waals surface area contributed by atoms with Crippen molar-refractivity contribution in [1.82, 2.24) is 14.7 Å². The summed E-state index contributed by atoms with van der Waals surface area (Å²) < 4.78 is 13.3. The van der Waals surface area contributed by atoms with Crippen LogP contribution in [0.5, 0.6) is 0 Å². The highest BCUT2D eigenvalue weighted by Gasteiger charge is 2.21. The Bertz CT molecular complexity index is 812. The molecule has 1 unspecified atom stereocenters. The molecular weight excluding hydrogens is 322 g/mol. The van der Waals surface area contributed by atoms with Gasteiger partial charge in [-0.1, -0.05) is 19.0 Å². The van der Waals surface area contributed by atoms with Crippen molar-refractivity contribution in [3.63, 3.8) is 0 Å². The first-order valence-electron chi connectivity index (χ1n) is 8.39. The summed E-state index contributed by atoms with van der Waals surface area (Å²) in [6, 6.07) is 6.33. The fourth-order valence-electron chi connectivity index (χ4n) is 2.95. The maximum absolute atomic E-state index is 5.78. The van der Waals surface area contributed by atoms with Gasteiger partial charge >= 0.3 is 0 Å². The largest absolute Gasteiger partial charge is 0.373 e. The van der Waals surface area contributed by atoms with Gasteiger partial charge in [0.15, 0.2) is 5.76 Å². The van der Waals surface area contributed by atoms with E-state index in [1.54, 1.807) is 11.3 Å². The predicted octanol–water partition coefficient (Wildman–Crippen LogP) is 4.62. The molecule has 0 bridgehead atoms. The summed E-state index contributed by atoms with van der Waals surface area (Å²) in [6.45, 7) is 5.74. The van der Waals surface area contributed by atoms with Crippen LogP contribution in [0, 0.1) is 0 Å². The Morgan fingerprint density at radius 1 is 1.38 bits per heavy atom. The van der Waals surface area contributed by atoms with Gasteiger partial charge in [0, 0.05) is 29.9 Å². The van der Waals surface area contributed by atoms with Crippen molar-refractivity contribution in [3.05, 3.63) is 46.9 Å². The molecule has 6 heteroatoms. The Hall–Kier alpha value is -1.92. The number of imidazole rings is 1. The average molecular weight is 343 g/mol. The molecule has 4 rings (SSSR count). The van der Waals surface area contributed by atoms with Gasteiger partial charge < -0.3 is 13.8 Å². The minimum Gasteiger partial charge on any atom is -0.373 e. The third-order valence-electron chi connectivity index (χ3n) is 4.30. The molecule has 3 aromatic heterocycles. The van der Waals surface area contributed by atoms with Crippen LogP contribution in [0.1, 0.15) is 55.0 Å². The van der Waals surface area contributed by atoms with E-state index < -0.39 is 0 Å². The lowest BCUT2D eigenvalue weighted by molar-refractivity contribution is 0.114. The molecule has 0 saturated carbocycles. The molecule has 1 aliphatic rings. The van der Waals surface area contributed by atoms with E-state index in [0.717, 1.165) is 41.6 Å². The first-order chi connectivity index (χ1) is 11.7. The lowest BCUT2D eigenvalue weighted by atomic mass is 10.1. The third kappa shape index (κ3) is 3.03. The predicted molar refractivity (Wildman–Crippen MR) is 93.2 cm³/mol. The van der Waals surface area contributed by atoms with Gasteiger partial charge in [-0.25, -0.2) is 4.98 Å². The highest BCUT2D eigenvalue weighted by molar-refractivity contribution is 7.15. The van der Waals surface area contributed by atoms with Crippen LogP contribution >= 0.6 is 11.3 Å². The molecule has 4 heterocycles. The Balaban J connectivity index is 1.55. The second-order valence-corrected chi connectivity index (χ2v) is 7.57. The van der Waals surface area contributed by atoms with Crippen LogP contribution < -0.4 is 0 Å². The van der Waals surface area contributed by atoms with Crippen molar-refractivity contribution in [2.45, 2.75) is 45.3 Å². The van der Waals surface area contributed by atoms with E-state index >= 15 is 0 Å². The topological polar surface area (TPSA) is 53.1 Å². The summed E-state index contributed by atoms with van der Waals surface area (Å²) in [5.74, 6) is 2.19. The summed E-state index contributed by atoms with van der Waals surface area (Å²) in [5.41, 5.74) is 0.989. The summed E-state index contributed by atoms with van der Waals surface area (Å²) in [5, 5.41) is 4.13. The van der Waals surface area contributed by atoms with E-state index in [9.17, 15) is 0 Å². The minimum absolute atomic E-state index is 0.259. The van der Waals surface area contributed by atoms with Crippen LogP contribution in [0.4, 0.5) is 0 Å². The number of hydrogen-bond donors (Lipinski definition) is 0. The van der Waals surface area contributed by atoms with E-state index in [4.69, 9.17) is 9.26 Å². The quantitative estimate of drug-likeness (QED) is 0.678. The number of hydrogen-bond acceptors (Lipinski definition) is 5. The van der Waals surface area contributed by atoms with E-state index in [-0.39, 0.29) is 6.10 Å². The van der Waals surface area contributed by atoms with Gasteiger partial charge in [0.05, 0.1) is 23.2 Å². The van der Waals surface area contributed by atoms with Gasteiger partial charge in [0.2, 0.25) is 0 Å². The van der Waals surface area contributed by atoms with Crippen LogP contribution in [-0.4, -0.2) is 21.3 Å². The van der Waals surface area contributed by atoms with E-state index in [0.29, 0.717) is 12.5 Å². The zero-order chi connectivity index (χ0) is 16.5. The highest BCUT2D eigenvalue weighted by atomic mass is 32.1. The SMILES string of the molecule is CC(C)c1cc(Cn2ccnc2-c2ccc(C3CCCO3)s2)on1. The first-order valence-corrected chi connectivity index (χ1v) is 9.20. The van der Waals surface area contributed by atoms with Crippen molar-refractivity contribution in [3.8, 4) is 10.7 Å². The van der Waals surface area contributed by atoms with Gasteiger partial charge in [-0.3, -0.25) is 0 Å². The van der Waals surface area contributed by atoms with E-state index in [1.165, 1.54) is 4.88 Å². The zero-order valence-electron chi connectivity index (χ0n) is 13.9. The maximum atomic E-state index is 5.78.